The van der Waals surface area contributed by atoms with Crippen molar-refractivity contribution in [2.75, 3.05) is 6.54 Å². The summed E-state index contributed by atoms with van der Waals surface area (Å²) < 4.78 is 11.4. The Morgan fingerprint density at radius 3 is 2.77 bits per heavy atom. The number of rotatable bonds is 7. The zero-order valence-corrected chi connectivity index (χ0v) is 16.7. The maximum atomic E-state index is 11.8. The summed E-state index contributed by atoms with van der Waals surface area (Å²) >= 11 is 0. The van der Waals surface area contributed by atoms with E-state index in [4.69, 9.17) is 9.47 Å². The SMILES string of the molecule is O=[N+]([O-])c1c(OCc2ccccc2)ccc2c1CCC(NCC1CCC=CO1)C2O. The predicted molar refractivity (Wildman–Crippen MR) is 112 cm³/mol. The Kier molecular flexibility index (Phi) is 6.30. The molecule has 4 rings (SSSR count). The fourth-order valence-electron chi connectivity index (χ4n) is 4.13. The molecule has 30 heavy (non-hydrogen) atoms. The minimum atomic E-state index is -0.810. The van der Waals surface area contributed by atoms with E-state index in [1.807, 2.05) is 36.4 Å². The third kappa shape index (κ3) is 4.47. The molecular weight excluding hydrogens is 384 g/mol. The zero-order chi connectivity index (χ0) is 20.9. The third-order valence-corrected chi connectivity index (χ3v) is 5.74. The normalized spacial score (nSPS) is 22.8. The van der Waals surface area contributed by atoms with E-state index < -0.39 is 11.0 Å². The molecule has 0 aromatic heterocycles. The number of ether oxygens (including phenoxy) is 2. The van der Waals surface area contributed by atoms with E-state index in [2.05, 4.69) is 5.32 Å². The topological polar surface area (TPSA) is 93.9 Å². The van der Waals surface area contributed by atoms with Crippen LogP contribution in [0.15, 0.2) is 54.8 Å². The van der Waals surface area contributed by atoms with Gasteiger partial charge in [-0.3, -0.25) is 10.1 Å². The molecule has 2 aliphatic rings. The van der Waals surface area contributed by atoms with Crippen LogP contribution in [0, 0.1) is 10.1 Å². The van der Waals surface area contributed by atoms with Crippen molar-refractivity contribution in [1.29, 1.82) is 0 Å². The van der Waals surface area contributed by atoms with E-state index in [0.29, 0.717) is 30.5 Å². The van der Waals surface area contributed by atoms with Gasteiger partial charge in [0.2, 0.25) is 0 Å². The Labute approximate surface area is 175 Å². The summed E-state index contributed by atoms with van der Waals surface area (Å²) in [7, 11) is 0. The molecule has 0 amide bonds. The number of benzene rings is 2. The summed E-state index contributed by atoms with van der Waals surface area (Å²) in [6.45, 7) is 0.894. The quantitative estimate of drug-likeness (QED) is 0.533. The van der Waals surface area contributed by atoms with Crippen molar-refractivity contribution in [3.05, 3.63) is 81.6 Å². The van der Waals surface area contributed by atoms with Gasteiger partial charge in [-0.15, -0.1) is 0 Å². The Morgan fingerprint density at radius 2 is 2.03 bits per heavy atom. The van der Waals surface area contributed by atoms with Gasteiger partial charge in [-0.25, -0.2) is 0 Å². The fourth-order valence-corrected chi connectivity index (χ4v) is 4.13. The number of hydrogen-bond acceptors (Lipinski definition) is 6. The molecule has 1 aliphatic heterocycles. The minimum Gasteiger partial charge on any atom is -0.497 e. The summed E-state index contributed by atoms with van der Waals surface area (Å²) in [5.74, 6) is 0.239. The highest BCUT2D eigenvalue weighted by Crippen LogP contribution is 2.41. The van der Waals surface area contributed by atoms with Crippen molar-refractivity contribution in [2.24, 2.45) is 0 Å². The molecule has 3 unspecified atom stereocenters. The summed E-state index contributed by atoms with van der Waals surface area (Å²) in [6.07, 6.45) is 6.05. The number of nitrogens with zero attached hydrogens (tertiary/aromatic N) is 1. The maximum absolute atomic E-state index is 11.8. The Bertz CT molecular complexity index is 915. The molecule has 0 spiro atoms. The highest BCUT2D eigenvalue weighted by Gasteiger charge is 2.35. The molecule has 158 valence electrons. The van der Waals surface area contributed by atoms with Gasteiger partial charge in [0.25, 0.3) is 0 Å². The molecule has 0 saturated carbocycles. The van der Waals surface area contributed by atoms with Gasteiger partial charge in [0.15, 0.2) is 5.75 Å². The van der Waals surface area contributed by atoms with Crippen molar-refractivity contribution in [1.82, 2.24) is 5.32 Å². The van der Waals surface area contributed by atoms with Gasteiger partial charge in [0, 0.05) is 18.2 Å². The first-order valence-electron chi connectivity index (χ1n) is 10.3. The zero-order valence-electron chi connectivity index (χ0n) is 16.7. The van der Waals surface area contributed by atoms with E-state index >= 15 is 0 Å². The van der Waals surface area contributed by atoms with E-state index in [-0.39, 0.29) is 30.2 Å². The molecule has 7 heteroatoms. The first kappa shape index (κ1) is 20.4. The molecular formula is C23H26N2O5. The van der Waals surface area contributed by atoms with Crippen LogP contribution < -0.4 is 10.1 Å². The lowest BCUT2D eigenvalue weighted by molar-refractivity contribution is -0.386. The van der Waals surface area contributed by atoms with Crippen LogP contribution in [0.1, 0.15) is 42.1 Å². The second kappa shape index (κ2) is 9.28. The van der Waals surface area contributed by atoms with Crippen molar-refractivity contribution >= 4 is 5.69 Å². The molecule has 7 nitrogen and oxygen atoms in total. The first-order chi connectivity index (χ1) is 14.6. The highest BCUT2D eigenvalue weighted by atomic mass is 16.6. The Hall–Kier alpha value is -2.90. The van der Waals surface area contributed by atoms with Gasteiger partial charge < -0.3 is 19.9 Å². The van der Waals surface area contributed by atoms with Crippen molar-refractivity contribution in [3.8, 4) is 5.75 Å². The Balaban J connectivity index is 1.49. The van der Waals surface area contributed by atoms with Gasteiger partial charge in [-0.05, 0) is 49.0 Å². The third-order valence-electron chi connectivity index (χ3n) is 5.74. The molecule has 0 saturated heterocycles. The van der Waals surface area contributed by atoms with E-state index in [0.717, 1.165) is 18.4 Å². The highest BCUT2D eigenvalue weighted by molar-refractivity contribution is 5.58. The maximum Gasteiger partial charge on any atom is 0.314 e. The monoisotopic (exact) mass is 410 g/mol. The first-order valence-corrected chi connectivity index (χ1v) is 10.3. The fraction of sp³-hybridized carbons (Fsp3) is 0.391. The van der Waals surface area contributed by atoms with Gasteiger partial charge in [-0.2, -0.15) is 0 Å². The summed E-state index contributed by atoms with van der Waals surface area (Å²) in [4.78, 5) is 11.4. The summed E-state index contributed by atoms with van der Waals surface area (Å²) in [6, 6.07) is 12.7. The number of fused-ring (bicyclic) bond motifs is 1. The second-order valence-electron chi connectivity index (χ2n) is 7.72. The molecule has 1 heterocycles. The van der Waals surface area contributed by atoms with Crippen molar-refractivity contribution in [3.63, 3.8) is 0 Å². The van der Waals surface area contributed by atoms with E-state index in [1.165, 1.54) is 0 Å². The molecule has 2 N–H and O–H groups in total. The second-order valence-corrected chi connectivity index (χ2v) is 7.72. The van der Waals surface area contributed by atoms with Crippen LogP contribution in [0.2, 0.25) is 0 Å². The van der Waals surface area contributed by atoms with Crippen LogP contribution >= 0.6 is 0 Å². The molecule has 2 aromatic rings. The molecule has 2 aromatic carbocycles. The number of hydrogen-bond donors (Lipinski definition) is 2. The van der Waals surface area contributed by atoms with Crippen LogP contribution in [-0.4, -0.2) is 28.7 Å². The number of aliphatic hydroxyl groups excluding tert-OH is 1. The van der Waals surface area contributed by atoms with E-state index in [1.54, 1.807) is 18.4 Å². The van der Waals surface area contributed by atoms with Crippen LogP contribution in [0.25, 0.3) is 0 Å². The van der Waals surface area contributed by atoms with Crippen LogP contribution in [0.3, 0.4) is 0 Å². The molecule has 0 bridgehead atoms. The average Bonchev–Trinajstić information content (AvgIpc) is 2.78. The van der Waals surface area contributed by atoms with Crippen LogP contribution in [0.5, 0.6) is 5.75 Å². The van der Waals surface area contributed by atoms with Crippen molar-refractivity contribution < 1.29 is 19.5 Å². The van der Waals surface area contributed by atoms with Gasteiger partial charge in [-0.1, -0.05) is 36.4 Å². The van der Waals surface area contributed by atoms with Gasteiger partial charge >= 0.3 is 5.69 Å². The standard InChI is InChI=1S/C23H26N2O5/c26-23-19-10-12-21(30-15-16-6-2-1-3-7-16)22(25(27)28)18(19)9-11-20(23)24-14-17-8-4-5-13-29-17/h1-3,5-7,10,12-13,17,20,23-24,26H,4,8-9,11,14-15H2. The summed E-state index contributed by atoms with van der Waals surface area (Å²) in [5.41, 5.74) is 2.06. The van der Waals surface area contributed by atoms with Gasteiger partial charge in [0.1, 0.15) is 12.7 Å². The lowest BCUT2D eigenvalue weighted by atomic mass is 9.84. The molecule has 3 atom stereocenters. The van der Waals surface area contributed by atoms with Crippen LogP contribution in [-0.2, 0) is 17.8 Å². The number of aliphatic hydroxyl groups is 1. The number of allylic oxidation sites excluding steroid dienone is 1. The lowest BCUT2D eigenvalue weighted by Crippen LogP contribution is -2.42. The smallest absolute Gasteiger partial charge is 0.314 e. The number of nitrogens with one attached hydrogen (secondary N) is 1. The average molecular weight is 410 g/mol. The van der Waals surface area contributed by atoms with Gasteiger partial charge in [0.05, 0.1) is 17.3 Å². The van der Waals surface area contributed by atoms with E-state index in [9.17, 15) is 15.2 Å². The molecule has 1 aliphatic carbocycles. The predicted octanol–water partition coefficient (Wildman–Crippen LogP) is 3.80. The molecule has 0 fully saturated rings. The van der Waals surface area contributed by atoms with Crippen LogP contribution in [0.4, 0.5) is 5.69 Å². The van der Waals surface area contributed by atoms with Crippen molar-refractivity contribution in [2.45, 2.75) is 50.5 Å². The summed E-state index contributed by atoms with van der Waals surface area (Å²) in [5, 5.41) is 26.1. The minimum absolute atomic E-state index is 0.0401. The number of nitro benzene ring substituents is 1. The molecule has 0 radical (unpaired) electrons. The Morgan fingerprint density at radius 1 is 1.20 bits per heavy atom. The number of nitro groups is 1. The lowest BCUT2D eigenvalue weighted by Gasteiger charge is -2.32. The largest absolute Gasteiger partial charge is 0.497 e.